The molecule has 3 nitrogen and oxygen atoms in total. The van der Waals surface area contributed by atoms with E-state index in [0.717, 1.165) is 12.6 Å². The van der Waals surface area contributed by atoms with Crippen molar-refractivity contribution in [2.75, 3.05) is 26.7 Å². The molecule has 0 aliphatic carbocycles. The summed E-state index contributed by atoms with van der Waals surface area (Å²) in [4.78, 5) is 0. The predicted octanol–water partition coefficient (Wildman–Crippen LogP) is 1.21. The van der Waals surface area contributed by atoms with Gasteiger partial charge in [0.15, 0.2) is 0 Å². The first-order valence-electron chi connectivity index (χ1n) is 5.67. The van der Waals surface area contributed by atoms with Crippen LogP contribution >= 0.6 is 0 Å². The molecule has 5 heteroatoms. The lowest BCUT2D eigenvalue weighted by molar-refractivity contribution is 0.00463. The second-order valence-corrected chi connectivity index (χ2v) is 4.05. The molecule has 1 saturated heterocycles. The highest BCUT2D eigenvalue weighted by atomic mass is 19.1. The monoisotopic (exact) mass is 242 g/mol. The maximum atomic E-state index is 13.7. The Bertz CT molecular complexity index is 381. The molecule has 2 atom stereocenters. The van der Waals surface area contributed by atoms with Gasteiger partial charge in [0.1, 0.15) is 11.6 Å². The van der Waals surface area contributed by atoms with E-state index in [2.05, 4.69) is 10.6 Å². The third-order valence-corrected chi connectivity index (χ3v) is 2.94. The Labute approximate surface area is 99.2 Å². The van der Waals surface area contributed by atoms with Gasteiger partial charge in [-0.2, -0.15) is 0 Å². The zero-order chi connectivity index (χ0) is 12.3. The molecule has 0 saturated carbocycles. The quantitative estimate of drug-likeness (QED) is 0.836. The summed E-state index contributed by atoms with van der Waals surface area (Å²) in [6.07, 6.45) is -0.145. The minimum absolute atomic E-state index is 0.145. The molecule has 94 valence electrons. The van der Waals surface area contributed by atoms with Crippen molar-refractivity contribution in [1.29, 1.82) is 0 Å². The van der Waals surface area contributed by atoms with Crippen molar-refractivity contribution in [3.63, 3.8) is 0 Å². The molecule has 0 bridgehead atoms. The number of morpholine rings is 1. The highest BCUT2D eigenvalue weighted by molar-refractivity contribution is 5.23. The van der Waals surface area contributed by atoms with Crippen LogP contribution in [0.4, 0.5) is 8.78 Å². The van der Waals surface area contributed by atoms with Gasteiger partial charge in [-0.05, 0) is 13.1 Å². The lowest BCUT2D eigenvalue weighted by atomic mass is 10.00. The van der Waals surface area contributed by atoms with E-state index in [0.29, 0.717) is 18.7 Å². The van der Waals surface area contributed by atoms with Gasteiger partial charge in [-0.15, -0.1) is 0 Å². The minimum atomic E-state index is -0.566. The van der Waals surface area contributed by atoms with Crippen LogP contribution in [-0.2, 0) is 4.74 Å². The summed E-state index contributed by atoms with van der Waals surface area (Å²) in [5.41, 5.74) is 0.433. The van der Waals surface area contributed by atoms with Gasteiger partial charge >= 0.3 is 0 Å². The Balaban J connectivity index is 2.21. The first kappa shape index (κ1) is 12.4. The second-order valence-electron chi connectivity index (χ2n) is 4.05. The van der Waals surface area contributed by atoms with Gasteiger partial charge in [0.05, 0.1) is 18.8 Å². The number of rotatable bonds is 3. The van der Waals surface area contributed by atoms with Crippen molar-refractivity contribution >= 4 is 0 Å². The predicted molar refractivity (Wildman–Crippen MR) is 60.8 cm³/mol. The van der Waals surface area contributed by atoms with E-state index in [1.165, 1.54) is 12.1 Å². The summed E-state index contributed by atoms with van der Waals surface area (Å²) in [6.45, 7) is 2.06. The third-order valence-electron chi connectivity index (χ3n) is 2.94. The Kier molecular flexibility index (Phi) is 4.04. The lowest BCUT2D eigenvalue weighted by Crippen LogP contribution is -2.45. The molecule has 2 rings (SSSR count). The van der Waals surface area contributed by atoms with Crippen molar-refractivity contribution < 1.29 is 13.5 Å². The van der Waals surface area contributed by atoms with Crippen molar-refractivity contribution in [3.05, 3.63) is 35.4 Å². The van der Waals surface area contributed by atoms with E-state index in [4.69, 9.17) is 4.74 Å². The van der Waals surface area contributed by atoms with Gasteiger partial charge in [-0.1, -0.05) is 6.07 Å². The number of hydrogen-bond donors (Lipinski definition) is 2. The topological polar surface area (TPSA) is 33.3 Å². The summed E-state index contributed by atoms with van der Waals surface area (Å²) >= 11 is 0. The van der Waals surface area contributed by atoms with Crippen molar-refractivity contribution in [3.8, 4) is 0 Å². The molecule has 1 aliphatic heterocycles. The van der Waals surface area contributed by atoms with Gasteiger partial charge < -0.3 is 15.4 Å². The average molecular weight is 242 g/mol. The van der Waals surface area contributed by atoms with Crippen LogP contribution in [0.2, 0.25) is 0 Å². The summed E-state index contributed by atoms with van der Waals surface area (Å²) in [5.74, 6) is -1.11. The third kappa shape index (κ3) is 2.80. The van der Waals surface area contributed by atoms with E-state index in [1.807, 2.05) is 0 Å². The Hall–Kier alpha value is -1.04. The molecule has 0 amide bonds. The van der Waals surface area contributed by atoms with Gasteiger partial charge in [0.2, 0.25) is 0 Å². The van der Waals surface area contributed by atoms with Crippen LogP contribution in [0, 0.1) is 11.6 Å². The van der Waals surface area contributed by atoms with Crippen LogP contribution < -0.4 is 10.6 Å². The molecule has 1 heterocycles. The first-order chi connectivity index (χ1) is 8.22. The summed E-state index contributed by atoms with van der Waals surface area (Å²) < 4.78 is 32.1. The van der Waals surface area contributed by atoms with E-state index in [-0.39, 0.29) is 12.1 Å². The molecule has 0 aromatic heterocycles. The zero-order valence-corrected chi connectivity index (χ0v) is 9.67. The van der Waals surface area contributed by atoms with Gasteiger partial charge in [-0.3, -0.25) is 0 Å². The molecule has 0 radical (unpaired) electrons. The minimum Gasteiger partial charge on any atom is -0.374 e. The molecule has 1 fully saturated rings. The highest BCUT2D eigenvalue weighted by Gasteiger charge is 2.26. The summed E-state index contributed by atoms with van der Waals surface area (Å²) in [6, 6.07) is 3.35. The molecule has 17 heavy (non-hydrogen) atoms. The van der Waals surface area contributed by atoms with Gasteiger partial charge in [-0.25, -0.2) is 8.78 Å². The molecule has 2 unspecified atom stereocenters. The average Bonchev–Trinajstić information content (AvgIpc) is 2.34. The van der Waals surface area contributed by atoms with E-state index >= 15 is 0 Å². The lowest BCUT2D eigenvalue weighted by Gasteiger charge is -2.31. The number of likely N-dealkylation sites (N-methyl/N-ethyl adjacent to an activating group) is 1. The first-order valence-corrected chi connectivity index (χ1v) is 5.67. The zero-order valence-electron chi connectivity index (χ0n) is 9.67. The Morgan fingerprint density at radius 1 is 1.47 bits per heavy atom. The SMILES string of the molecule is CNC(c1ccc(F)cc1F)C1CNCCO1. The number of benzene rings is 1. The summed E-state index contributed by atoms with van der Waals surface area (Å²) in [5, 5.41) is 6.21. The van der Waals surface area contributed by atoms with Crippen molar-refractivity contribution in [2.24, 2.45) is 0 Å². The van der Waals surface area contributed by atoms with Crippen LogP contribution in [-0.4, -0.2) is 32.8 Å². The van der Waals surface area contributed by atoms with Crippen molar-refractivity contribution in [2.45, 2.75) is 12.1 Å². The maximum Gasteiger partial charge on any atom is 0.130 e. The molecule has 2 N–H and O–H groups in total. The fraction of sp³-hybridized carbons (Fsp3) is 0.500. The van der Waals surface area contributed by atoms with E-state index in [9.17, 15) is 8.78 Å². The number of nitrogens with one attached hydrogen (secondary N) is 2. The largest absolute Gasteiger partial charge is 0.374 e. The molecular formula is C12H16F2N2O. The van der Waals surface area contributed by atoms with Gasteiger partial charge in [0, 0.05) is 24.7 Å². The number of ether oxygens (including phenoxy) is 1. The van der Waals surface area contributed by atoms with Crippen LogP contribution in [0.3, 0.4) is 0 Å². The van der Waals surface area contributed by atoms with E-state index < -0.39 is 11.6 Å². The van der Waals surface area contributed by atoms with Crippen LogP contribution in [0.1, 0.15) is 11.6 Å². The molecule has 1 aliphatic rings. The Morgan fingerprint density at radius 3 is 2.88 bits per heavy atom. The molecule has 1 aromatic carbocycles. The van der Waals surface area contributed by atoms with Gasteiger partial charge in [0.25, 0.3) is 0 Å². The number of hydrogen-bond acceptors (Lipinski definition) is 3. The molecular weight excluding hydrogens is 226 g/mol. The summed E-state index contributed by atoms with van der Waals surface area (Å²) in [7, 11) is 1.74. The highest BCUT2D eigenvalue weighted by Crippen LogP contribution is 2.23. The fourth-order valence-electron chi connectivity index (χ4n) is 2.10. The van der Waals surface area contributed by atoms with E-state index in [1.54, 1.807) is 7.05 Å². The van der Waals surface area contributed by atoms with Crippen molar-refractivity contribution in [1.82, 2.24) is 10.6 Å². The fourth-order valence-corrected chi connectivity index (χ4v) is 2.10. The Morgan fingerprint density at radius 2 is 2.29 bits per heavy atom. The molecule has 1 aromatic rings. The molecule has 0 spiro atoms. The number of halogens is 2. The smallest absolute Gasteiger partial charge is 0.130 e. The second kappa shape index (κ2) is 5.53. The van der Waals surface area contributed by atoms with Crippen LogP contribution in [0.15, 0.2) is 18.2 Å². The normalized spacial score (nSPS) is 22.4. The maximum absolute atomic E-state index is 13.7. The standard InChI is InChI=1S/C12H16F2N2O/c1-15-12(11-7-16-4-5-17-11)9-3-2-8(13)6-10(9)14/h2-3,6,11-12,15-16H,4-5,7H2,1H3. The van der Waals surface area contributed by atoms with Crippen LogP contribution in [0.25, 0.3) is 0 Å². The van der Waals surface area contributed by atoms with Crippen LogP contribution in [0.5, 0.6) is 0 Å².